The van der Waals surface area contributed by atoms with Crippen LogP contribution in [0.3, 0.4) is 0 Å². The molecule has 10 bridgehead atoms. The maximum Gasteiger partial charge on any atom is 0.312 e. The Morgan fingerprint density at radius 3 is 2.23 bits per heavy atom. The van der Waals surface area contributed by atoms with Crippen LogP contribution in [0.2, 0.25) is 0 Å². The normalized spacial score (nSPS) is 60.6. The second kappa shape index (κ2) is 7.65. The Morgan fingerprint density at radius 1 is 0.750 bits per heavy atom. The summed E-state index contributed by atoms with van der Waals surface area (Å²) in [6.45, 7) is 0.725. The number of rotatable bonds is 6. The first kappa shape index (κ1) is 26.3. The molecule has 0 aromatic heterocycles. The molecule has 44 heavy (non-hydrogen) atoms. The average molecular weight is 606 g/mol. The third-order valence-electron chi connectivity index (χ3n) is 16.2. The van der Waals surface area contributed by atoms with Crippen molar-refractivity contribution in [2.45, 2.75) is 88.4 Å². The fourth-order valence-electron chi connectivity index (χ4n) is 14.6. The van der Waals surface area contributed by atoms with E-state index in [4.69, 9.17) is 24.7 Å². The molecular weight excluding hydrogens is 562 g/mol. The Labute approximate surface area is 257 Å². The molecule has 13 rings (SSSR count). The van der Waals surface area contributed by atoms with Crippen LogP contribution in [0.25, 0.3) is 0 Å². The molecule has 0 amide bonds. The van der Waals surface area contributed by atoms with E-state index in [2.05, 4.69) is 0 Å². The van der Waals surface area contributed by atoms with Crippen molar-refractivity contribution < 1.29 is 38.1 Å². The number of carbonyl (C=O) groups excluding carboxylic acids is 4. The zero-order valence-electron chi connectivity index (χ0n) is 25.4. The maximum atomic E-state index is 13.9. The third kappa shape index (κ3) is 2.81. The lowest BCUT2D eigenvalue weighted by Crippen LogP contribution is -2.66. The van der Waals surface area contributed by atoms with Gasteiger partial charge in [0.05, 0.1) is 29.5 Å². The van der Waals surface area contributed by atoms with E-state index in [1.165, 1.54) is 0 Å². The van der Waals surface area contributed by atoms with E-state index in [9.17, 15) is 19.2 Å². The van der Waals surface area contributed by atoms with E-state index in [0.717, 1.165) is 57.8 Å². The summed E-state index contributed by atoms with van der Waals surface area (Å²) in [6, 6.07) is 0. The summed E-state index contributed by atoms with van der Waals surface area (Å²) in [5, 5.41) is 0. The summed E-state index contributed by atoms with van der Waals surface area (Å²) >= 11 is 0. The summed E-state index contributed by atoms with van der Waals surface area (Å²) in [5.41, 5.74) is 4.77. The van der Waals surface area contributed by atoms with Crippen LogP contribution in [-0.4, -0.2) is 61.3 Å². The van der Waals surface area contributed by atoms with Gasteiger partial charge in [-0.05, 0) is 100 Å². The van der Waals surface area contributed by atoms with Crippen molar-refractivity contribution in [1.82, 2.24) is 0 Å². The molecule has 236 valence electrons. The van der Waals surface area contributed by atoms with Crippen LogP contribution in [0.4, 0.5) is 0 Å². The highest BCUT2D eigenvalue weighted by Gasteiger charge is 2.83. The minimum Gasteiger partial charge on any atom is -0.464 e. The number of hydrogen-bond acceptors (Lipinski definition) is 9. The quantitative estimate of drug-likeness (QED) is 0.454. The molecule has 12 aliphatic carbocycles. The highest BCUT2D eigenvalue weighted by Crippen LogP contribution is 2.83. The van der Waals surface area contributed by atoms with Crippen molar-refractivity contribution in [3.63, 3.8) is 0 Å². The topological polar surface area (TPSA) is 131 Å². The van der Waals surface area contributed by atoms with E-state index in [0.29, 0.717) is 61.8 Å². The zero-order valence-corrected chi connectivity index (χ0v) is 25.4. The molecule has 13 fully saturated rings. The molecule has 1 aliphatic heterocycles. The summed E-state index contributed by atoms with van der Waals surface area (Å²) < 4.78 is 25.9. The maximum absolute atomic E-state index is 13.9. The van der Waals surface area contributed by atoms with Gasteiger partial charge in [0.25, 0.3) is 0 Å². The lowest BCUT2D eigenvalue weighted by molar-refractivity contribution is -0.351. The van der Waals surface area contributed by atoms with E-state index in [-0.39, 0.29) is 71.6 Å². The van der Waals surface area contributed by atoms with E-state index < -0.39 is 22.0 Å². The summed E-state index contributed by atoms with van der Waals surface area (Å²) in [5.74, 6) is 1.78. The number of fused-ring (bicyclic) bond motifs is 1. The van der Waals surface area contributed by atoms with Crippen molar-refractivity contribution in [2.75, 3.05) is 26.4 Å². The van der Waals surface area contributed by atoms with Gasteiger partial charge in [-0.1, -0.05) is 0 Å². The van der Waals surface area contributed by atoms with Crippen LogP contribution in [-0.2, 0) is 38.1 Å². The van der Waals surface area contributed by atoms with Crippen molar-refractivity contribution in [3.8, 4) is 0 Å². The van der Waals surface area contributed by atoms with Crippen LogP contribution in [0.1, 0.15) is 77.0 Å². The molecule has 0 radical (unpaired) electrons. The largest absolute Gasteiger partial charge is 0.464 e. The average Bonchev–Trinajstić information content (AvgIpc) is 3.75. The van der Waals surface area contributed by atoms with Gasteiger partial charge in [0.15, 0.2) is 5.79 Å². The second-order valence-corrected chi connectivity index (χ2v) is 18.2. The van der Waals surface area contributed by atoms with Crippen LogP contribution < -0.4 is 5.73 Å². The summed E-state index contributed by atoms with van der Waals surface area (Å²) in [6.07, 6.45) is 10.0. The van der Waals surface area contributed by atoms with Crippen LogP contribution in [0, 0.1) is 74.9 Å². The molecule has 2 spiro atoms. The highest BCUT2D eigenvalue weighted by molar-refractivity contribution is 5.97. The van der Waals surface area contributed by atoms with Gasteiger partial charge in [-0.15, -0.1) is 0 Å². The Bertz CT molecular complexity index is 1440. The number of carbonyl (C=O) groups is 4. The van der Waals surface area contributed by atoms with Gasteiger partial charge >= 0.3 is 11.9 Å². The minimum absolute atomic E-state index is 0.00338. The standard InChI is InChI=1S/C35H43NO8/c36-33-6-18-2-21(8-33)35(24(18)11-33)43-15-30(16-44-35,13-41-28(39)31-4-17-1-19(5-31)26(37)22(17)9-31)14-42-29(40)32-7-20-3-23-27(38)25(10-32)34(20,23)12-32/h17-25H,1-16,36H2. The lowest BCUT2D eigenvalue weighted by Gasteiger charge is -2.64. The lowest BCUT2D eigenvalue weighted by atomic mass is 9.38. The first-order valence-corrected chi connectivity index (χ1v) is 17.5. The fourth-order valence-corrected chi connectivity index (χ4v) is 14.6. The molecule has 2 N–H and O–H groups in total. The number of ether oxygens (including phenoxy) is 4. The van der Waals surface area contributed by atoms with E-state index >= 15 is 0 Å². The Balaban J connectivity index is 0.833. The van der Waals surface area contributed by atoms with Gasteiger partial charge in [-0.2, -0.15) is 0 Å². The number of esters is 2. The highest BCUT2D eigenvalue weighted by atomic mass is 16.7. The van der Waals surface area contributed by atoms with Crippen LogP contribution in [0.5, 0.6) is 0 Å². The first-order chi connectivity index (χ1) is 21.0. The van der Waals surface area contributed by atoms with Crippen molar-refractivity contribution >= 4 is 23.5 Å². The number of hydrogen-bond donors (Lipinski definition) is 1. The molecule has 9 nitrogen and oxygen atoms in total. The number of ketones is 2. The van der Waals surface area contributed by atoms with Gasteiger partial charge in [0, 0.05) is 41.0 Å². The summed E-state index contributed by atoms with van der Waals surface area (Å²) in [4.78, 5) is 52.9. The van der Waals surface area contributed by atoms with Crippen molar-refractivity contribution in [1.29, 1.82) is 0 Å². The molecule has 0 aromatic carbocycles. The number of nitrogens with two attached hydrogens (primary N) is 1. The molecule has 13 atom stereocenters. The molecule has 9 heteroatoms. The predicted octanol–water partition coefficient (Wildman–Crippen LogP) is 2.96. The predicted molar refractivity (Wildman–Crippen MR) is 150 cm³/mol. The Hall–Kier alpha value is -1.84. The zero-order chi connectivity index (χ0) is 29.6. The molecule has 13 aliphatic rings. The second-order valence-electron chi connectivity index (χ2n) is 18.2. The first-order valence-electron chi connectivity index (χ1n) is 17.5. The molecule has 1 saturated heterocycles. The Morgan fingerprint density at radius 2 is 1.52 bits per heavy atom. The van der Waals surface area contributed by atoms with Gasteiger partial charge in [-0.25, -0.2) is 0 Å². The molecule has 12 saturated carbocycles. The molecular formula is C35H43NO8. The van der Waals surface area contributed by atoms with Gasteiger partial charge < -0.3 is 24.7 Å². The van der Waals surface area contributed by atoms with Gasteiger partial charge in [-0.3, -0.25) is 19.2 Å². The Kier molecular flexibility index (Phi) is 4.56. The fraction of sp³-hybridized carbons (Fsp3) is 0.886. The van der Waals surface area contributed by atoms with Crippen LogP contribution in [0.15, 0.2) is 0 Å². The molecule has 0 aromatic rings. The number of Topliss-reactive ketones (excluding diaryl/α,β-unsaturated/α-hetero) is 2. The van der Waals surface area contributed by atoms with Crippen LogP contribution >= 0.6 is 0 Å². The summed E-state index contributed by atoms with van der Waals surface area (Å²) in [7, 11) is 0. The van der Waals surface area contributed by atoms with E-state index in [1.54, 1.807) is 0 Å². The van der Waals surface area contributed by atoms with Crippen molar-refractivity contribution in [3.05, 3.63) is 0 Å². The minimum atomic E-state index is -0.804. The SMILES string of the molecule is NC12CC3CC(C1)C1(OCC(COC(=O)C45CC6CC(C4)C(C5)C6=O)(COC(=O)C45CC6CC7C(=O)C(C4)C67C5)CO1)C3C2. The molecule has 1 heterocycles. The van der Waals surface area contributed by atoms with E-state index in [1.807, 2.05) is 0 Å². The molecule has 13 unspecified atom stereocenters. The van der Waals surface area contributed by atoms with Gasteiger partial charge in [0.2, 0.25) is 0 Å². The van der Waals surface area contributed by atoms with Crippen molar-refractivity contribution in [2.24, 2.45) is 80.7 Å². The smallest absolute Gasteiger partial charge is 0.312 e. The van der Waals surface area contributed by atoms with Gasteiger partial charge in [0.1, 0.15) is 24.8 Å². The third-order valence-corrected chi connectivity index (χ3v) is 16.2. The monoisotopic (exact) mass is 605 g/mol.